The Hall–Kier alpha value is -3.03. The summed E-state index contributed by atoms with van der Waals surface area (Å²) in [6.07, 6.45) is 2.05. The largest absolute Gasteiger partial charge is 0.478 e. The van der Waals surface area contributed by atoms with Crippen LogP contribution in [-0.4, -0.2) is 46.7 Å². The highest BCUT2D eigenvalue weighted by Crippen LogP contribution is 2.40. The van der Waals surface area contributed by atoms with E-state index in [9.17, 15) is 24.0 Å². The molecule has 1 saturated carbocycles. The Labute approximate surface area is 202 Å². The van der Waals surface area contributed by atoms with Gasteiger partial charge in [0.25, 0.3) is 0 Å². The highest BCUT2D eigenvalue weighted by Gasteiger charge is 2.50. The minimum Gasteiger partial charge on any atom is -0.478 e. The molecule has 0 spiro atoms. The number of carbonyl (C=O) groups excluding carboxylic acids is 4. The van der Waals surface area contributed by atoms with Gasteiger partial charge in [-0.25, -0.2) is 4.79 Å². The zero-order valence-corrected chi connectivity index (χ0v) is 21.0. The van der Waals surface area contributed by atoms with Crippen LogP contribution in [0.5, 0.6) is 0 Å². The molecule has 4 rings (SSSR count). The second-order valence-corrected chi connectivity index (χ2v) is 9.07. The van der Waals surface area contributed by atoms with E-state index in [0.717, 1.165) is 5.92 Å². The standard InChI is InChI=1S/C13H16N2O4.C7H6O2.C4H10.C2H6/c1-15-12(18)8-4-2-6-7(11(17)14-10(6)16)3-5-9(8)13(15)19;8-7(9)6-4-2-1-3-5-6;1-4(2)3;1-2/h6-9H,2-5H2,1H3,(H,14,16,17);1-5H,(H,8,9);4H,1-3H3;1-2H3. The number of carbonyl (C=O) groups is 5. The van der Waals surface area contributed by atoms with Crippen LogP contribution in [0.3, 0.4) is 0 Å². The summed E-state index contributed by atoms with van der Waals surface area (Å²) in [7, 11) is 1.51. The number of aromatic carboxylic acids is 1. The zero-order chi connectivity index (χ0) is 26.0. The molecule has 1 aromatic carbocycles. The van der Waals surface area contributed by atoms with Gasteiger partial charge in [-0.15, -0.1) is 0 Å². The lowest BCUT2D eigenvalue weighted by molar-refractivity contribution is -0.138. The van der Waals surface area contributed by atoms with Crippen molar-refractivity contribution in [3.05, 3.63) is 35.9 Å². The molecule has 8 heteroatoms. The lowest BCUT2D eigenvalue weighted by Gasteiger charge is -2.24. The van der Waals surface area contributed by atoms with Gasteiger partial charge in [0.2, 0.25) is 23.6 Å². The first-order chi connectivity index (χ1) is 16.0. The number of hydrogen-bond donors (Lipinski definition) is 2. The van der Waals surface area contributed by atoms with Gasteiger partial charge in [-0.05, 0) is 43.7 Å². The van der Waals surface area contributed by atoms with E-state index in [0.29, 0.717) is 31.2 Å². The first-order valence-electron chi connectivity index (χ1n) is 12.0. The maximum Gasteiger partial charge on any atom is 0.335 e. The molecule has 2 aliphatic heterocycles. The third-order valence-corrected chi connectivity index (χ3v) is 5.78. The van der Waals surface area contributed by atoms with Crippen LogP contribution in [-0.2, 0) is 19.2 Å². The summed E-state index contributed by atoms with van der Waals surface area (Å²) in [5.74, 6) is -2.02. The molecule has 4 amide bonds. The highest BCUT2D eigenvalue weighted by molar-refractivity contribution is 6.06. The van der Waals surface area contributed by atoms with E-state index in [1.54, 1.807) is 30.3 Å². The van der Waals surface area contributed by atoms with Crippen molar-refractivity contribution in [2.45, 2.75) is 60.3 Å². The third-order valence-electron chi connectivity index (χ3n) is 5.78. The second-order valence-electron chi connectivity index (χ2n) is 9.07. The number of rotatable bonds is 1. The topological polar surface area (TPSA) is 121 Å². The molecule has 0 radical (unpaired) electrons. The SMILES string of the molecule is CC.CC(C)C.CN1C(=O)C2CCC3C(=O)NC(=O)C3CCC2C1=O.O=C(O)c1ccccc1. The number of fused-ring (bicyclic) bond motifs is 2. The first kappa shape index (κ1) is 29.0. The van der Waals surface area contributed by atoms with Crippen molar-refractivity contribution < 1.29 is 29.1 Å². The summed E-state index contributed by atoms with van der Waals surface area (Å²) in [5, 5.41) is 10.7. The van der Waals surface area contributed by atoms with Crippen LogP contribution in [0.1, 0.15) is 70.7 Å². The Kier molecular flexibility index (Phi) is 11.6. The van der Waals surface area contributed by atoms with Crippen molar-refractivity contribution in [2.75, 3.05) is 7.05 Å². The highest BCUT2D eigenvalue weighted by atomic mass is 16.4. The van der Waals surface area contributed by atoms with Gasteiger partial charge in [-0.1, -0.05) is 52.8 Å². The second kappa shape index (κ2) is 13.6. The third kappa shape index (κ3) is 7.50. The summed E-state index contributed by atoms with van der Waals surface area (Å²) >= 11 is 0. The molecule has 1 aliphatic carbocycles. The molecule has 2 saturated heterocycles. The van der Waals surface area contributed by atoms with E-state index < -0.39 is 5.97 Å². The van der Waals surface area contributed by atoms with Gasteiger partial charge < -0.3 is 5.11 Å². The Balaban J connectivity index is 0.000000322. The monoisotopic (exact) mass is 474 g/mol. The van der Waals surface area contributed by atoms with Crippen molar-refractivity contribution in [2.24, 2.45) is 29.6 Å². The Morgan fingerprint density at radius 1 is 0.824 bits per heavy atom. The molecule has 4 atom stereocenters. The van der Waals surface area contributed by atoms with E-state index in [1.807, 2.05) is 13.8 Å². The van der Waals surface area contributed by atoms with E-state index in [-0.39, 0.29) is 47.3 Å². The van der Waals surface area contributed by atoms with Gasteiger partial charge in [-0.3, -0.25) is 29.4 Å². The Morgan fingerprint density at radius 3 is 1.50 bits per heavy atom. The van der Waals surface area contributed by atoms with Crippen LogP contribution in [0.4, 0.5) is 0 Å². The Bertz CT molecular complexity index is 823. The molecular weight excluding hydrogens is 436 g/mol. The average Bonchev–Trinajstić information content (AvgIpc) is 3.16. The summed E-state index contributed by atoms with van der Waals surface area (Å²) in [6, 6.07) is 8.30. The molecule has 0 bridgehead atoms. The van der Waals surface area contributed by atoms with Gasteiger partial charge in [-0.2, -0.15) is 0 Å². The molecule has 188 valence electrons. The molecular formula is C26H38N2O6. The van der Waals surface area contributed by atoms with E-state index in [2.05, 4.69) is 26.1 Å². The van der Waals surface area contributed by atoms with Crippen molar-refractivity contribution in [3.63, 3.8) is 0 Å². The molecule has 8 nitrogen and oxygen atoms in total. The summed E-state index contributed by atoms with van der Waals surface area (Å²) in [6.45, 7) is 10.5. The zero-order valence-electron chi connectivity index (χ0n) is 21.0. The number of hydrogen-bond acceptors (Lipinski definition) is 5. The Morgan fingerprint density at radius 2 is 1.18 bits per heavy atom. The molecule has 3 fully saturated rings. The van der Waals surface area contributed by atoms with Gasteiger partial charge in [0.15, 0.2) is 0 Å². The predicted octanol–water partition coefficient (Wildman–Crippen LogP) is 3.75. The van der Waals surface area contributed by atoms with Gasteiger partial charge >= 0.3 is 5.97 Å². The fourth-order valence-corrected chi connectivity index (χ4v) is 4.24. The molecule has 2 heterocycles. The van der Waals surface area contributed by atoms with Crippen molar-refractivity contribution in [1.29, 1.82) is 0 Å². The van der Waals surface area contributed by atoms with Gasteiger partial charge in [0.1, 0.15) is 0 Å². The molecule has 2 N–H and O–H groups in total. The normalized spacial score (nSPS) is 25.2. The summed E-state index contributed by atoms with van der Waals surface area (Å²) in [4.78, 5) is 58.8. The maximum absolute atomic E-state index is 12.0. The van der Waals surface area contributed by atoms with Gasteiger partial charge in [0.05, 0.1) is 17.4 Å². The number of amides is 4. The summed E-state index contributed by atoms with van der Waals surface area (Å²) < 4.78 is 0. The van der Waals surface area contributed by atoms with Crippen LogP contribution in [0.15, 0.2) is 30.3 Å². The number of nitrogens with zero attached hydrogens (tertiary/aromatic N) is 1. The number of nitrogens with one attached hydrogen (secondary N) is 1. The fraction of sp³-hybridized carbons (Fsp3) is 0.577. The molecule has 3 aliphatic rings. The van der Waals surface area contributed by atoms with Crippen LogP contribution in [0, 0.1) is 29.6 Å². The van der Waals surface area contributed by atoms with Crippen LogP contribution < -0.4 is 5.32 Å². The number of likely N-dealkylation sites (tertiary alicyclic amines) is 1. The minimum atomic E-state index is -0.879. The fourth-order valence-electron chi connectivity index (χ4n) is 4.24. The predicted molar refractivity (Wildman–Crippen MR) is 129 cm³/mol. The smallest absolute Gasteiger partial charge is 0.335 e. The summed E-state index contributed by atoms with van der Waals surface area (Å²) in [5.41, 5.74) is 0.331. The lowest BCUT2D eigenvalue weighted by Crippen LogP contribution is -2.27. The average molecular weight is 475 g/mol. The number of imide groups is 2. The molecule has 1 aromatic rings. The number of carboxylic acids is 1. The van der Waals surface area contributed by atoms with E-state index in [4.69, 9.17) is 5.11 Å². The van der Waals surface area contributed by atoms with Crippen LogP contribution in [0.25, 0.3) is 0 Å². The minimum absolute atomic E-state index is 0.141. The number of benzene rings is 1. The molecule has 4 unspecified atom stereocenters. The van der Waals surface area contributed by atoms with Crippen LogP contribution in [0.2, 0.25) is 0 Å². The lowest BCUT2D eigenvalue weighted by atomic mass is 9.76. The van der Waals surface area contributed by atoms with E-state index >= 15 is 0 Å². The van der Waals surface area contributed by atoms with Gasteiger partial charge in [0, 0.05) is 18.9 Å². The number of carboxylic acid groups (broad SMARTS) is 1. The van der Waals surface area contributed by atoms with Crippen LogP contribution >= 0.6 is 0 Å². The molecule has 34 heavy (non-hydrogen) atoms. The first-order valence-corrected chi connectivity index (χ1v) is 12.0. The van der Waals surface area contributed by atoms with Crippen molar-refractivity contribution in [1.82, 2.24) is 10.2 Å². The van der Waals surface area contributed by atoms with Crippen molar-refractivity contribution in [3.8, 4) is 0 Å². The quantitative estimate of drug-likeness (QED) is 0.598. The van der Waals surface area contributed by atoms with Crippen molar-refractivity contribution >= 4 is 29.6 Å². The van der Waals surface area contributed by atoms with E-state index in [1.165, 1.54) is 11.9 Å². The maximum atomic E-state index is 12.0. The molecule has 0 aromatic heterocycles.